The van der Waals surface area contributed by atoms with Crippen molar-refractivity contribution in [3.05, 3.63) is 22.7 Å². The fourth-order valence-electron chi connectivity index (χ4n) is 2.40. The van der Waals surface area contributed by atoms with Crippen LogP contribution in [0.3, 0.4) is 0 Å². The Hall–Kier alpha value is -1.85. The number of carbonyl (C=O) groups is 1. The maximum atomic E-state index is 12.0. The van der Waals surface area contributed by atoms with Gasteiger partial charge in [0.05, 0.1) is 5.92 Å². The summed E-state index contributed by atoms with van der Waals surface area (Å²) >= 11 is 0. The third kappa shape index (κ3) is 2.37. The Labute approximate surface area is 105 Å². The predicted octanol–water partition coefficient (Wildman–Crippen LogP) is 0.928. The lowest BCUT2D eigenvalue weighted by Gasteiger charge is -2.18. The van der Waals surface area contributed by atoms with Gasteiger partial charge in [-0.15, -0.1) is 0 Å². The molecule has 6 heteroatoms. The van der Waals surface area contributed by atoms with Crippen molar-refractivity contribution in [2.75, 3.05) is 5.32 Å². The molecule has 0 radical (unpaired) electrons. The number of hydrogen-bond acceptors (Lipinski definition) is 4. The van der Waals surface area contributed by atoms with Crippen molar-refractivity contribution in [2.45, 2.75) is 38.8 Å². The van der Waals surface area contributed by atoms with Crippen molar-refractivity contribution >= 4 is 11.8 Å². The van der Waals surface area contributed by atoms with Gasteiger partial charge in [0.15, 0.2) is 5.82 Å². The average Bonchev–Trinajstić information content (AvgIpc) is 2.80. The number of carboxylic acids is 1. The van der Waals surface area contributed by atoms with Crippen LogP contribution in [0.5, 0.6) is 0 Å². The number of nitrogens with zero attached hydrogens (tertiary/aromatic N) is 2. The van der Waals surface area contributed by atoms with E-state index in [1.165, 1.54) is 0 Å². The molecule has 0 spiro atoms. The van der Waals surface area contributed by atoms with Gasteiger partial charge < -0.3 is 15.0 Å². The number of rotatable bonds is 4. The lowest BCUT2D eigenvalue weighted by Crippen LogP contribution is -2.34. The molecule has 2 unspecified atom stereocenters. The summed E-state index contributed by atoms with van der Waals surface area (Å²) < 4.78 is 1.54. The van der Waals surface area contributed by atoms with Crippen LogP contribution in [-0.4, -0.2) is 26.7 Å². The summed E-state index contributed by atoms with van der Waals surface area (Å²) in [5.41, 5.74) is -0.198. The summed E-state index contributed by atoms with van der Waals surface area (Å²) in [6.07, 6.45) is 5.46. The van der Waals surface area contributed by atoms with E-state index in [9.17, 15) is 9.59 Å². The number of aryl methyl sites for hydroxylation is 1. The van der Waals surface area contributed by atoms with Crippen LogP contribution in [0.4, 0.5) is 5.82 Å². The third-order valence-corrected chi connectivity index (χ3v) is 3.41. The van der Waals surface area contributed by atoms with Crippen molar-refractivity contribution in [1.29, 1.82) is 0 Å². The molecule has 1 aromatic heterocycles. The van der Waals surface area contributed by atoms with Gasteiger partial charge in [0, 0.05) is 25.0 Å². The van der Waals surface area contributed by atoms with Gasteiger partial charge in [-0.1, -0.05) is 6.42 Å². The third-order valence-electron chi connectivity index (χ3n) is 3.41. The van der Waals surface area contributed by atoms with E-state index >= 15 is 0 Å². The molecule has 2 N–H and O–H groups in total. The molecule has 1 aromatic rings. The topological polar surface area (TPSA) is 84.2 Å². The van der Waals surface area contributed by atoms with Crippen LogP contribution in [0.15, 0.2) is 17.2 Å². The van der Waals surface area contributed by atoms with Crippen molar-refractivity contribution in [1.82, 2.24) is 9.55 Å². The summed E-state index contributed by atoms with van der Waals surface area (Å²) in [7, 11) is 0. The molecular formula is C12H17N3O3. The smallest absolute Gasteiger partial charge is 0.308 e. The van der Waals surface area contributed by atoms with Crippen LogP contribution in [0.2, 0.25) is 0 Å². The summed E-state index contributed by atoms with van der Waals surface area (Å²) in [6, 6.07) is -0.199. The summed E-state index contributed by atoms with van der Waals surface area (Å²) in [5.74, 6) is -0.990. The van der Waals surface area contributed by atoms with Gasteiger partial charge in [0.1, 0.15) is 0 Å². The first-order valence-corrected chi connectivity index (χ1v) is 6.18. The highest BCUT2D eigenvalue weighted by Gasteiger charge is 2.33. The molecule has 2 atom stereocenters. The molecule has 1 fully saturated rings. The Balaban J connectivity index is 2.19. The van der Waals surface area contributed by atoms with Crippen LogP contribution in [0.1, 0.15) is 26.2 Å². The lowest BCUT2D eigenvalue weighted by atomic mass is 10.0. The lowest BCUT2D eigenvalue weighted by molar-refractivity contribution is -0.141. The molecule has 1 aliphatic carbocycles. The summed E-state index contributed by atoms with van der Waals surface area (Å²) in [5, 5.41) is 12.1. The number of aliphatic carboxylic acids is 1. The van der Waals surface area contributed by atoms with E-state index in [0.29, 0.717) is 13.0 Å². The van der Waals surface area contributed by atoms with E-state index < -0.39 is 11.9 Å². The highest BCUT2D eigenvalue weighted by atomic mass is 16.4. The second-order valence-corrected chi connectivity index (χ2v) is 4.49. The molecule has 1 saturated carbocycles. The van der Waals surface area contributed by atoms with Crippen LogP contribution >= 0.6 is 0 Å². The Bertz CT molecular complexity index is 498. The molecule has 0 saturated heterocycles. The number of aromatic nitrogens is 2. The fourth-order valence-corrected chi connectivity index (χ4v) is 2.40. The van der Waals surface area contributed by atoms with Crippen molar-refractivity contribution in [3.63, 3.8) is 0 Å². The van der Waals surface area contributed by atoms with Crippen LogP contribution in [0.25, 0.3) is 0 Å². The van der Waals surface area contributed by atoms with Crippen LogP contribution < -0.4 is 10.9 Å². The molecular weight excluding hydrogens is 234 g/mol. The first-order valence-electron chi connectivity index (χ1n) is 6.18. The van der Waals surface area contributed by atoms with E-state index in [2.05, 4.69) is 10.3 Å². The van der Waals surface area contributed by atoms with Gasteiger partial charge in [0.2, 0.25) is 0 Å². The molecule has 98 valence electrons. The largest absolute Gasteiger partial charge is 0.481 e. The van der Waals surface area contributed by atoms with Crippen LogP contribution in [0, 0.1) is 5.92 Å². The fraction of sp³-hybridized carbons (Fsp3) is 0.583. The summed E-state index contributed by atoms with van der Waals surface area (Å²) in [4.78, 5) is 27.0. The minimum absolute atomic E-state index is 0.198. The molecule has 18 heavy (non-hydrogen) atoms. The van der Waals surface area contributed by atoms with Crippen LogP contribution in [-0.2, 0) is 11.3 Å². The average molecular weight is 251 g/mol. The molecule has 0 amide bonds. The zero-order valence-corrected chi connectivity index (χ0v) is 10.3. The molecule has 2 rings (SSSR count). The summed E-state index contributed by atoms with van der Waals surface area (Å²) in [6.45, 7) is 2.45. The quantitative estimate of drug-likeness (QED) is 0.831. The highest BCUT2D eigenvalue weighted by Crippen LogP contribution is 2.27. The van der Waals surface area contributed by atoms with Crippen molar-refractivity contribution < 1.29 is 9.90 Å². The molecule has 1 aliphatic rings. The van der Waals surface area contributed by atoms with E-state index in [-0.39, 0.29) is 17.4 Å². The maximum absolute atomic E-state index is 12.0. The molecule has 6 nitrogen and oxygen atoms in total. The highest BCUT2D eigenvalue weighted by molar-refractivity contribution is 5.72. The first kappa shape index (κ1) is 12.6. The van der Waals surface area contributed by atoms with Gasteiger partial charge >= 0.3 is 5.97 Å². The molecule has 0 bridgehead atoms. The van der Waals surface area contributed by atoms with E-state index in [1.807, 2.05) is 6.92 Å². The first-order chi connectivity index (χ1) is 8.63. The normalized spacial score (nSPS) is 22.9. The number of carboxylic acid groups (broad SMARTS) is 1. The zero-order valence-electron chi connectivity index (χ0n) is 10.3. The molecule has 1 heterocycles. The number of hydrogen-bond donors (Lipinski definition) is 2. The number of anilines is 1. The van der Waals surface area contributed by atoms with Gasteiger partial charge in [-0.05, 0) is 19.8 Å². The minimum atomic E-state index is -0.809. The molecule has 0 aromatic carbocycles. The van der Waals surface area contributed by atoms with E-state index in [1.54, 1.807) is 17.0 Å². The van der Waals surface area contributed by atoms with Crippen molar-refractivity contribution in [3.8, 4) is 0 Å². The van der Waals surface area contributed by atoms with Gasteiger partial charge in [0.25, 0.3) is 5.56 Å². The zero-order chi connectivity index (χ0) is 13.1. The Kier molecular flexibility index (Phi) is 3.64. The Morgan fingerprint density at radius 3 is 3.06 bits per heavy atom. The second kappa shape index (κ2) is 5.20. The standard InChI is InChI=1S/C12H17N3O3/c1-2-15-7-6-13-10(11(15)16)14-9-5-3-4-8(9)12(17)18/h6-9H,2-5H2,1H3,(H,13,14)(H,17,18). The van der Waals surface area contributed by atoms with Gasteiger partial charge in [-0.3, -0.25) is 9.59 Å². The van der Waals surface area contributed by atoms with E-state index in [4.69, 9.17) is 5.11 Å². The second-order valence-electron chi connectivity index (χ2n) is 4.49. The number of nitrogens with one attached hydrogen (secondary N) is 1. The monoisotopic (exact) mass is 251 g/mol. The van der Waals surface area contributed by atoms with Gasteiger partial charge in [-0.2, -0.15) is 0 Å². The SMILES string of the molecule is CCn1ccnc(NC2CCCC2C(=O)O)c1=O. The predicted molar refractivity (Wildman–Crippen MR) is 66.6 cm³/mol. The Morgan fingerprint density at radius 1 is 1.61 bits per heavy atom. The maximum Gasteiger partial charge on any atom is 0.308 e. The minimum Gasteiger partial charge on any atom is -0.481 e. The Morgan fingerprint density at radius 2 is 2.39 bits per heavy atom. The van der Waals surface area contributed by atoms with E-state index in [0.717, 1.165) is 12.8 Å². The van der Waals surface area contributed by atoms with Crippen molar-refractivity contribution in [2.24, 2.45) is 5.92 Å². The molecule has 0 aliphatic heterocycles. The van der Waals surface area contributed by atoms with Gasteiger partial charge in [-0.25, -0.2) is 4.98 Å².